The Balaban J connectivity index is 1.86. The van der Waals surface area contributed by atoms with Gasteiger partial charge in [0.05, 0.1) is 14.2 Å². The average Bonchev–Trinajstić information content (AvgIpc) is 2.63. The fourth-order valence-electron chi connectivity index (χ4n) is 2.33. The van der Waals surface area contributed by atoms with Gasteiger partial charge in [-0.05, 0) is 42.7 Å². The van der Waals surface area contributed by atoms with Crippen LogP contribution >= 0.6 is 0 Å². The molecule has 2 rings (SSSR count). The molecule has 0 atom stereocenters. The lowest BCUT2D eigenvalue weighted by Crippen LogP contribution is -2.36. The quantitative estimate of drug-likeness (QED) is 0.790. The number of carbonyl (C=O) groups is 2. The van der Waals surface area contributed by atoms with E-state index in [1.807, 2.05) is 31.2 Å². The topological polar surface area (TPSA) is 76.7 Å². The number of ether oxygens (including phenoxy) is 2. The van der Waals surface area contributed by atoms with Gasteiger partial charge in [0.1, 0.15) is 0 Å². The first kappa shape index (κ1) is 18.3. The Labute approximate surface area is 147 Å². The molecular formula is C19H22N2O4. The summed E-state index contributed by atoms with van der Waals surface area (Å²) in [6.07, 6.45) is 0.573. The van der Waals surface area contributed by atoms with Gasteiger partial charge in [0.25, 0.3) is 0 Å². The molecule has 25 heavy (non-hydrogen) atoms. The van der Waals surface area contributed by atoms with Gasteiger partial charge in [-0.2, -0.15) is 0 Å². The Kier molecular flexibility index (Phi) is 6.39. The molecule has 0 saturated heterocycles. The van der Waals surface area contributed by atoms with Crippen molar-refractivity contribution in [2.75, 3.05) is 26.1 Å². The van der Waals surface area contributed by atoms with Gasteiger partial charge in [-0.25, -0.2) is 0 Å². The number of benzene rings is 2. The zero-order chi connectivity index (χ0) is 18.2. The molecule has 132 valence electrons. The van der Waals surface area contributed by atoms with E-state index in [2.05, 4.69) is 10.6 Å². The number of amides is 2. The molecule has 6 nitrogen and oxygen atoms in total. The number of para-hydroxylation sites is 1. The van der Waals surface area contributed by atoms with Crippen molar-refractivity contribution < 1.29 is 19.1 Å². The van der Waals surface area contributed by atoms with E-state index in [0.717, 1.165) is 11.1 Å². The molecule has 0 saturated carbocycles. The van der Waals surface area contributed by atoms with Crippen molar-refractivity contribution in [2.45, 2.75) is 13.3 Å². The van der Waals surface area contributed by atoms with Gasteiger partial charge < -0.3 is 20.1 Å². The van der Waals surface area contributed by atoms with Crippen molar-refractivity contribution in [3.05, 3.63) is 53.6 Å². The molecule has 0 heterocycles. The smallest absolute Gasteiger partial charge is 0.313 e. The normalized spacial score (nSPS) is 10.0. The zero-order valence-electron chi connectivity index (χ0n) is 14.6. The van der Waals surface area contributed by atoms with Gasteiger partial charge in [-0.15, -0.1) is 0 Å². The summed E-state index contributed by atoms with van der Waals surface area (Å²) < 4.78 is 10.4. The molecular weight excluding hydrogens is 320 g/mol. The fraction of sp³-hybridized carbons (Fsp3) is 0.263. The molecule has 2 amide bonds. The van der Waals surface area contributed by atoms with Crippen molar-refractivity contribution in [3.63, 3.8) is 0 Å². The van der Waals surface area contributed by atoms with E-state index < -0.39 is 11.8 Å². The number of carbonyl (C=O) groups excluding carboxylic acids is 2. The molecule has 0 aromatic heterocycles. The number of hydrogen-bond donors (Lipinski definition) is 2. The molecule has 0 aliphatic rings. The molecule has 0 fully saturated rings. The first-order chi connectivity index (χ1) is 12.0. The van der Waals surface area contributed by atoms with Crippen molar-refractivity contribution >= 4 is 17.5 Å². The molecule has 0 aliphatic heterocycles. The summed E-state index contributed by atoms with van der Waals surface area (Å²) in [5.74, 6) is -0.0677. The first-order valence-electron chi connectivity index (χ1n) is 7.91. The zero-order valence-corrected chi connectivity index (χ0v) is 14.6. The van der Waals surface area contributed by atoms with Crippen LogP contribution in [0.3, 0.4) is 0 Å². The molecule has 0 bridgehead atoms. The third-order valence-corrected chi connectivity index (χ3v) is 3.75. The van der Waals surface area contributed by atoms with Gasteiger partial charge in [-0.3, -0.25) is 9.59 Å². The summed E-state index contributed by atoms with van der Waals surface area (Å²) in [4.78, 5) is 23.8. The Hall–Kier alpha value is -3.02. The van der Waals surface area contributed by atoms with Crippen LogP contribution in [0.2, 0.25) is 0 Å². The van der Waals surface area contributed by atoms with Gasteiger partial charge in [0.15, 0.2) is 11.5 Å². The summed E-state index contributed by atoms with van der Waals surface area (Å²) in [5.41, 5.74) is 2.49. The monoisotopic (exact) mass is 342 g/mol. The molecule has 0 spiro atoms. The van der Waals surface area contributed by atoms with Crippen LogP contribution in [0.15, 0.2) is 42.5 Å². The third-order valence-electron chi connectivity index (χ3n) is 3.75. The highest BCUT2D eigenvalue weighted by Crippen LogP contribution is 2.27. The lowest BCUT2D eigenvalue weighted by Gasteiger charge is -2.10. The van der Waals surface area contributed by atoms with Crippen molar-refractivity contribution in [3.8, 4) is 11.5 Å². The average molecular weight is 342 g/mol. The summed E-state index contributed by atoms with van der Waals surface area (Å²) in [6, 6.07) is 12.8. The van der Waals surface area contributed by atoms with E-state index in [1.165, 1.54) is 0 Å². The van der Waals surface area contributed by atoms with Gasteiger partial charge in [-0.1, -0.05) is 24.3 Å². The molecule has 0 radical (unpaired) electrons. The highest BCUT2D eigenvalue weighted by atomic mass is 16.5. The standard InChI is InChI=1S/C19H22N2O4/c1-13-6-4-5-7-15(13)21-19(23)18(22)20-11-10-14-8-9-16(24-2)17(12-14)25-3/h4-9,12H,10-11H2,1-3H3,(H,20,22)(H,21,23). The van der Waals surface area contributed by atoms with E-state index in [1.54, 1.807) is 32.4 Å². The van der Waals surface area contributed by atoms with Gasteiger partial charge in [0.2, 0.25) is 0 Å². The second-order valence-electron chi connectivity index (χ2n) is 5.46. The van der Waals surface area contributed by atoms with Gasteiger partial charge >= 0.3 is 11.8 Å². The molecule has 2 aromatic rings. The Morgan fingerprint density at radius 3 is 2.36 bits per heavy atom. The Bertz CT molecular complexity index is 759. The Morgan fingerprint density at radius 1 is 0.960 bits per heavy atom. The van der Waals surface area contributed by atoms with E-state index in [0.29, 0.717) is 30.2 Å². The van der Waals surface area contributed by atoms with E-state index in [9.17, 15) is 9.59 Å². The minimum absolute atomic E-state index is 0.343. The minimum Gasteiger partial charge on any atom is -0.493 e. The van der Waals surface area contributed by atoms with E-state index in [4.69, 9.17) is 9.47 Å². The maximum atomic E-state index is 11.9. The lowest BCUT2D eigenvalue weighted by molar-refractivity contribution is -0.136. The van der Waals surface area contributed by atoms with E-state index >= 15 is 0 Å². The van der Waals surface area contributed by atoms with E-state index in [-0.39, 0.29) is 0 Å². The van der Waals surface area contributed by atoms with Crippen molar-refractivity contribution in [1.82, 2.24) is 5.32 Å². The largest absolute Gasteiger partial charge is 0.493 e. The molecule has 0 aliphatic carbocycles. The predicted octanol–water partition coefficient (Wildman–Crippen LogP) is 2.31. The number of hydrogen-bond acceptors (Lipinski definition) is 4. The SMILES string of the molecule is COc1ccc(CCNC(=O)C(=O)Nc2ccccc2C)cc1OC. The first-order valence-corrected chi connectivity index (χ1v) is 7.91. The highest BCUT2D eigenvalue weighted by molar-refractivity contribution is 6.39. The van der Waals surface area contributed by atoms with Crippen molar-refractivity contribution in [2.24, 2.45) is 0 Å². The molecule has 2 N–H and O–H groups in total. The van der Waals surface area contributed by atoms with Crippen LogP contribution in [0, 0.1) is 6.92 Å². The highest BCUT2D eigenvalue weighted by Gasteiger charge is 2.14. The molecule has 6 heteroatoms. The summed E-state index contributed by atoms with van der Waals surface area (Å²) in [7, 11) is 3.14. The van der Waals surface area contributed by atoms with Crippen LogP contribution in [-0.2, 0) is 16.0 Å². The van der Waals surface area contributed by atoms with Crippen LogP contribution in [0.25, 0.3) is 0 Å². The van der Waals surface area contributed by atoms with Gasteiger partial charge in [0, 0.05) is 12.2 Å². The fourth-order valence-corrected chi connectivity index (χ4v) is 2.33. The number of nitrogens with one attached hydrogen (secondary N) is 2. The summed E-state index contributed by atoms with van der Waals surface area (Å²) in [6.45, 7) is 2.21. The van der Waals surface area contributed by atoms with Crippen LogP contribution < -0.4 is 20.1 Å². The predicted molar refractivity (Wildman–Crippen MR) is 96.1 cm³/mol. The van der Waals surface area contributed by atoms with Crippen LogP contribution in [0.4, 0.5) is 5.69 Å². The maximum absolute atomic E-state index is 11.9. The van der Waals surface area contributed by atoms with Crippen LogP contribution in [0.1, 0.15) is 11.1 Å². The second-order valence-corrected chi connectivity index (χ2v) is 5.46. The Morgan fingerprint density at radius 2 is 1.68 bits per heavy atom. The number of anilines is 1. The molecule has 0 unspecified atom stereocenters. The summed E-state index contributed by atoms with van der Waals surface area (Å²) >= 11 is 0. The minimum atomic E-state index is -0.679. The van der Waals surface area contributed by atoms with Crippen LogP contribution in [0.5, 0.6) is 11.5 Å². The third kappa shape index (κ3) is 4.97. The number of rotatable bonds is 6. The summed E-state index contributed by atoms with van der Waals surface area (Å²) in [5, 5.41) is 5.22. The number of methoxy groups -OCH3 is 2. The van der Waals surface area contributed by atoms with Crippen molar-refractivity contribution in [1.29, 1.82) is 0 Å². The second kappa shape index (κ2) is 8.73. The lowest BCUT2D eigenvalue weighted by atomic mass is 10.1. The number of aryl methyl sites for hydroxylation is 1. The molecule has 2 aromatic carbocycles. The van der Waals surface area contributed by atoms with Crippen LogP contribution in [-0.4, -0.2) is 32.6 Å². The maximum Gasteiger partial charge on any atom is 0.313 e.